The lowest BCUT2D eigenvalue weighted by Crippen LogP contribution is -1.96. The van der Waals surface area contributed by atoms with Crippen LogP contribution in [-0.4, -0.2) is 12.1 Å². The van der Waals surface area contributed by atoms with E-state index in [0.717, 1.165) is 6.20 Å². The highest BCUT2D eigenvalue weighted by molar-refractivity contribution is 5.37. The second-order valence-corrected chi connectivity index (χ2v) is 2.22. The van der Waals surface area contributed by atoms with Gasteiger partial charge in [-0.1, -0.05) is 0 Å². The second-order valence-electron chi connectivity index (χ2n) is 2.22. The molecule has 0 unspecified atom stereocenters. The van der Waals surface area contributed by atoms with E-state index in [1.807, 2.05) is 0 Å². The molecule has 1 heterocycles. The summed E-state index contributed by atoms with van der Waals surface area (Å²) in [6.07, 6.45) is -1.60. The van der Waals surface area contributed by atoms with Gasteiger partial charge in [0.2, 0.25) is 0 Å². The average molecular weight is 184 g/mol. The molecule has 68 valence electrons. The van der Waals surface area contributed by atoms with Crippen molar-refractivity contribution in [1.82, 2.24) is 4.98 Å². The van der Waals surface area contributed by atoms with Crippen LogP contribution in [0.5, 0.6) is 5.75 Å². The third-order valence-corrected chi connectivity index (χ3v) is 1.44. The van der Waals surface area contributed by atoms with Crippen molar-refractivity contribution in [2.24, 2.45) is 0 Å². The van der Waals surface area contributed by atoms with Gasteiger partial charge < -0.3 is 4.74 Å². The van der Waals surface area contributed by atoms with E-state index >= 15 is 0 Å². The van der Waals surface area contributed by atoms with E-state index in [1.54, 1.807) is 6.07 Å². The molecule has 3 nitrogen and oxygen atoms in total. The van der Waals surface area contributed by atoms with E-state index in [-0.39, 0.29) is 11.3 Å². The first kappa shape index (κ1) is 9.39. The highest BCUT2D eigenvalue weighted by Gasteiger charge is 2.15. The summed E-state index contributed by atoms with van der Waals surface area (Å²) >= 11 is 0. The molecule has 0 radical (unpaired) electrons. The van der Waals surface area contributed by atoms with Crippen molar-refractivity contribution >= 4 is 0 Å². The predicted molar refractivity (Wildman–Crippen MR) is 40.5 cm³/mol. The minimum Gasteiger partial charge on any atom is -0.495 e. The first-order valence-electron chi connectivity index (χ1n) is 3.41. The molecule has 0 saturated carbocycles. The number of aromatic nitrogens is 1. The maximum Gasteiger partial charge on any atom is 0.284 e. The summed E-state index contributed by atoms with van der Waals surface area (Å²) < 4.78 is 29.1. The molecule has 1 aromatic heterocycles. The highest BCUT2D eigenvalue weighted by Crippen LogP contribution is 2.26. The Morgan fingerprint density at radius 2 is 2.31 bits per heavy atom. The van der Waals surface area contributed by atoms with E-state index < -0.39 is 12.1 Å². The van der Waals surface area contributed by atoms with E-state index in [2.05, 4.69) is 9.72 Å². The minimum absolute atomic E-state index is 0.0611. The molecule has 1 aromatic rings. The molecule has 5 heteroatoms. The summed E-state index contributed by atoms with van der Waals surface area (Å²) in [7, 11) is 1.25. The van der Waals surface area contributed by atoms with Gasteiger partial charge in [-0.15, -0.1) is 0 Å². The third-order valence-electron chi connectivity index (χ3n) is 1.44. The van der Waals surface area contributed by atoms with Gasteiger partial charge in [-0.3, -0.25) is 0 Å². The monoisotopic (exact) mass is 184 g/mol. The van der Waals surface area contributed by atoms with Crippen molar-refractivity contribution in [1.29, 1.82) is 5.26 Å². The quantitative estimate of drug-likeness (QED) is 0.705. The van der Waals surface area contributed by atoms with Crippen molar-refractivity contribution in [3.8, 4) is 11.8 Å². The van der Waals surface area contributed by atoms with Crippen LogP contribution in [0, 0.1) is 11.3 Å². The zero-order chi connectivity index (χ0) is 9.84. The first-order valence-corrected chi connectivity index (χ1v) is 3.41. The summed E-state index contributed by atoms with van der Waals surface area (Å²) in [6.45, 7) is 0. The Morgan fingerprint density at radius 3 is 2.77 bits per heavy atom. The fourth-order valence-corrected chi connectivity index (χ4v) is 0.844. The fourth-order valence-electron chi connectivity index (χ4n) is 0.844. The normalized spacial score (nSPS) is 9.77. The largest absolute Gasteiger partial charge is 0.495 e. The molecule has 0 aliphatic rings. The highest BCUT2D eigenvalue weighted by atomic mass is 19.3. The molecule has 0 saturated heterocycles. The smallest absolute Gasteiger partial charge is 0.284 e. The summed E-state index contributed by atoms with van der Waals surface area (Å²) in [5.74, 6) is -0.0611. The minimum atomic E-state index is -2.69. The van der Waals surface area contributed by atoms with Gasteiger partial charge in [-0.2, -0.15) is 5.26 Å². The zero-order valence-electron chi connectivity index (χ0n) is 6.79. The number of methoxy groups -OCH3 is 1. The van der Waals surface area contributed by atoms with E-state index in [4.69, 9.17) is 5.26 Å². The molecule has 13 heavy (non-hydrogen) atoms. The summed E-state index contributed by atoms with van der Waals surface area (Å²) in [6, 6.07) is 3.01. The number of nitriles is 1. The molecule has 0 atom stereocenters. The molecule has 0 aliphatic heterocycles. The summed E-state index contributed by atoms with van der Waals surface area (Å²) in [5.41, 5.74) is -0.247. The number of hydrogen-bond donors (Lipinski definition) is 0. The average Bonchev–Trinajstić information content (AvgIpc) is 2.16. The number of ether oxygens (including phenoxy) is 1. The van der Waals surface area contributed by atoms with E-state index in [1.165, 1.54) is 13.2 Å². The molecular weight excluding hydrogens is 178 g/mol. The van der Waals surface area contributed by atoms with Gasteiger partial charge in [0.15, 0.2) is 0 Å². The van der Waals surface area contributed by atoms with Gasteiger partial charge in [0.25, 0.3) is 6.43 Å². The Hall–Kier alpha value is -1.70. The lowest BCUT2D eigenvalue weighted by molar-refractivity contribution is 0.141. The molecule has 0 aliphatic carbocycles. The SMILES string of the molecule is COc1cc(C#N)cnc1C(F)F. The van der Waals surface area contributed by atoms with Gasteiger partial charge in [0, 0.05) is 12.3 Å². The number of hydrogen-bond acceptors (Lipinski definition) is 3. The molecule has 0 N–H and O–H groups in total. The van der Waals surface area contributed by atoms with Crippen LogP contribution in [0.1, 0.15) is 17.7 Å². The van der Waals surface area contributed by atoms with Crippen LogP contribution in [0.3, 0.4) is 0 Å². The van der Waals surface area contributed by atoms with Crippen molar-refractivity contribution in [3.05, 3.63) is 23.5 Å². The predicted octanol–water partition coefficient (Wildman–Crippen LogP) is 1.90. The first-order chi connectivity index (χ1) is 6.19. The van der Waals surface area contributed by atoms with Crippen molar-refractivity contribution in [2.45, 2.75) is 6.43 Å². The van der Waals surface area contributed by atoms with Gasteiger partial charge in [0.05, 0.1) is 12.7 Å². The molecular formula is C8H6F2N2O. The number of nitrogens with zero attached hydrogens (tertiary/aromatic N) is 2. The Morgan fingerprint density at radius 1 is 1.62 bits per heavy atom. The Balaban J connectivity index is 3.17. The molecule has 0 amide bonds. The lowest BCUT2D eigenvalue weighted by atomic mass is 10.2. The maximum atomic E-state index is 12.2. The topological polar surface area (TPSA) is 45.9 Å². The lowest BCUT2D eigenvalue weighted by Gasteiger charge is -2.05. The Labute approximate surface area is 73.6 Å². The van der Waals surface area contributed by atoms with Crippen molar-refractivity contribution in [3.63, 3.8) is 0 Å². The van der Waals surface area contributed by atoms with Crippen LogP contribution in [-0.2, 0) is 0 Å². The summed E-state index contributed by atoms with van der Waals surface area (Å²) in [4.78, 5) is 3.42. The molecule has 0 fully saturated rings. The fraction of sp³-hybridized carbons (Fsp3) is 0.250. The van der Waals surface area contributed by atoms with Gasteiger partial charge in [0.1, 0.15) is 17.5 Å². The van der Waals surface area contributed by atoms with E-state index in [9.17, 15) is 8.78 Å². The molecule has 0 spiro atoms. The third kappa shape index (κ3) is 1.90. The number of alkyl halides is 2. The Kier molecular flexibility index (Phi) is 2.75. The number of halogens is 2. The maximum absolute atomic E-state index is 12.2. The zero-order valence-corrected chi connectivity index (χ0v) is 6.79. The standard InChI is InChI=1S/C8H6F2N2O/c1-13-6-2-5(3-11)4-12-7(6)8(9)10/h2,4,8H,1H3. The van der Waals surface area contributed by atoms with Gasteiger partial charge in [-0.05, 0) is 0 Å². The van der Waals surface area contributed by atoms with Crippen LogP contribution in [0.4, 0.5) is 8.78 Å². The Bertz CT molecular complexity index is 346. The summed E-state index contributed by atoms with van der Waals surface area (Å²) in [5, 5.41) is 8.45. The number of rotatable bonds is 2. The van der Waals surface area contributed by atoms with Crippen LogP contribution in [0.15, 0.2) is 12.3 Å². The van der Waals surface area contributed by atoms with Gasteiger partial charge in [-0.25, -0.2) is 13.8 Å². The van der Waals surface area contributed by atoms with Crippen LogP contribution >= 0.6 is 0 Å². The van der Waals surface area contributed by atoms with Crippen molar-refractivity contribution in [2.75, 3.05) is 7.11 Å². The number of pyridine rings is 1. The molecule has 1 rings (SSSR count). The van der Waals surface area contributed by atoms with Crippen LogP contribution < -0.4 is 4.74 Å². The molecule has 0 bridgehead atoms. The van der Waals surface area contributed by atoms with Crippen molar-refractivity contribution < 1.29 is 13.5 Å². The van der Waals surface area contributed by atoms with Gasteiger partial charge >= 0.3 is 0 Å². The second kappa shape index (κ2) is 3.81. The van der Waals surface area contributed by atoms with Crippen LogP contribution in [0.25, 0.3) is 0 Å². The molecule has 0 aromatic carbocycles. The van der Waals surface area contributed by atoms with Crippen LogP contribution in [0.2, 0.25) is 0 Å². The van der Waals surface area contributed by atoms with E-state index in [0.29, 0.717) is 0 Å².